The molecule has 2 N–H and O–H groups in total. The van der Waals surface area contributed by atoms with Crippen molar-refractivity contribution in [3.05, 3.63) is 60.2 Å². The minimum Gasteiger partial charge on any atom is -0.491 e. The number of ether oxygens (including phenoxy) is 2. The van der Waals surface area contributed by atoms with Gasteiger partial charge in [0.05, 0.1) is 12.6 Å². The van der Waals surface area contributed by atoms with Gasteiger partial charge >= 0.3 is 11.9 Å². The van der Waals surface area contributed by atoms with E-state index in [4.69, 9.17) is 9.47 Å². The van der Waals surface area contributed by atoms with E-state index in [9.17, 15) is 19.5 Å². The molecule has 31 heavy (non-hydrogen) atoms. The van der Waals surface area contributed by atoms with Crippen LogP contribution in [-0.2, 0) is 25.5 Å². The lowest BCUT2D eigenvalue weighted by Crippen LogP contribution is -2.54. The summed E-state index contributed by atoms with van der Waals surface area (Å²) in [6.45, 7) is 1.41. The lowest BCUT2D eigenvalue weighted by Gasteiger charge is -2.27. The third-order valence-electron chi connectivity index (χ3n) is 4.98. The molecule has 0 aromatic heterocycles. The number of nitrogens with one attached hydrogen (secondary N) is 1. The predicted molar refractivity (Wildman–Crippen MR) is 114 cm³/mol. The average molecular weight is 426 g/mol. The summed E-state index contributed by atoms with van der Waals surface area (Å²) in [5.41, 5.74) is 1.46. The van der Waals surface area contributed by atoms with Crippen molar-refractivity contribution >= 4 is 23.5 Å². The van der Waals surface area contributed by atoms with Crippen molar-refractivity contribution in [2.45, 2.75) is 31.8 Å². The molecule has 8 nitrogen and oxygen atoms in total. The monoisotopic (exact) mass is 426 g/mol. The highest BCUT2D eigenvalue weighted by molar-refractivity contribution is 6.02. The Morgan fingerprint density at radius 1 is 1.16 bits per heavy atom. The zero-order chi connectivity index (χ0) is 22.2. The van der Waals surface area contributed by atoms with Crippen LogP contribution < -0.4 is 15.0 Å². The van der Waals surface area contributed by atoms with E-state index in [1.165, 1.54) is 4.90 Å². The normalized spacial score (nSPS) is 16.7. The number of carbonyl (C=O) groups excluding carboxylic acids is 2. The van der Waals surface area contributed by atoms with Crippen molar-refractivity contribution in [1.29, 1.82) is 0 Å². The number of aliphatic carboxylic acids is 1. The van der Waals surface area contributed by atoms with Crippen molar-refractivity contribution in [3.63, 3.8) is 0 Å². The van der Waals surface area contributed by atoms with Crippen LogP contribution in [0.5, 0.6) is 5.75 Å². The van der Waals surface area contributed by atoms with Crippen LogP contribution in [0.15, 0.2) is 54.6 Å². The highest BCUT2D eigenvalue weighted by atomic mass is 16.5. The van der Waals surface area contributed by atoms with Crippen molar-refractivity contribution in [2.24, 2.45) is 0 Å². The minimum atomic E-state index is -1.11. The SMILES string of the molecule is CCOC(=O)C(COc1ccccc1)NC1CCc2ccccc2N(CC(=O)O)C1=O. The summed E-state index contributed by atoms with van der Waals surface area (Å²) in [5, 5.41) is 12.4. The Morgan fingerprint density at radius 3 is 2.58 bits per heavy atom. The van der Waals surface area contributed by atoms with Crippen LogP contribution in [-0.4, -0.2) is 54.8 Å². The smallest absolute Gasteiger partial charge is 0.326 e. The minimum absolute atomic E-state index is 0.0293. The highest BCUT2D eigenvalue weighted by Gasteiger charge is 2.34. The van der Waals surface area contributed by atoms with E-state index in [0.29, 0.717) is 24.3 Å². The number of carbonyl (C=O) groups is 3. The molecule has 0 spiro atoms. The Balaban J connectivity index is 1.79. The fraction of sp³-hybridized carbons (Fsp3) is 0.348. The fourth-order valence-corrected chi connectivity index (χ4v) is 3.53. The van der Waals surface area contributed by atoms with Gasteiger partial charge in [0.25, 0.3) is 0 Å². The number of fused-ring (bicyclic) bond motifs is 1. The Kier molecular flexibility index (Phi) is 7.61. The third-order valence-corrected chi connectivity index (χ3v) is 4.98. The van der Waals surface area contributed by atoms with Gasteiger partial charge in [0.15, 0.2) is 0 Å². The summed E-state index contributed by atoms with van der Waals surface area (Å²) in [5.74, 6) is -1.46. The van der Waals surface area contributed by atoms with Gasteiger partial charge in [-0.25, -0.2) is 0 Å². The predicted octanol–water partition coefficient (Wildman–Crippen LogP) is 2.02. The molecule has 0 saturated carbocycles. The van der Waals surface area contributed by atoms with Gasteiger partial charge in [-0.2, -0.15) is 0 Å². The molecule has 1 aliphatic heterocycles. The highest BCUT2D eigenvalue weighted by Crippen LogP contribution is 2.27. The van der Waals surface area contributed by atoms with E-state index >= 15 is 0 Å². The number of carboxylic acids is 1. The lowest BCUT2D eigenvalue weighted by molar-refractivity contribution is -0.147. The van der Waals surface area contributed by atoms with E-state index in [1.54, 1.807) is 31.2 Å². The topological polar surface area (TPSA) is 105 Å². The maximum atomic E-state index is 13.2. The van der Waals surface area contributed by atoms with Gasteiger partial charge < -0.3 is 14.6 Å². The molecule has 0 bridgehead atoms. The molecule has 0 fully saturated rings. The first-order chi connectivity index (χ1) is 15.0. The van der Waals surface area contributed by atoms with Gasteiger partial charge in [-0.15, -0.1) is 0 Å². The van der Waals surface area contributed by atoms with E-state index in [0.717, 1.165) is 5.56 Å². The Bertz CT molecular complexity index is 917. The number of benzene rings is 2. The average Bonchev–Trinajstić information content (AvgIpc) is 2.89. The molecule has 2 atom stereocenters. The third kappa shape index (κ3) is 5.82. The number of aryl methyl sites for hydroxylation is 1. The van der Waals surface area contributed by atoms with Crippen molar-refractivity contribution in [2.75, 3.05) is 24.7 Å². The molecule has 8 heteroatoms. The number of anilines is 1. The standard InChI is InChI=1S/C23H26N2O6/c1-2-30-23(29)19(15-31-17-9-4-3-5-10-17)24-18-13-12-16-8-6-7-11-20(16)25(22(18)28)14-21(26)27/h3-11,18-19,24H,2,12-15H2,1H3,(H,26,27). The fourth-order valence-electron chi connectivity index (χ4n) is 3.53. The number of esters is 1. The van der Waals surface area contributed by atoms with Gasteiger partial charge in [-0.1, -0.05) is 36.4 Å². The Labute approximate surface area is 180 Å². The maximum absolute atomic E-state index is 13.2. The van der Waals surface area contributed by atoms with Crippen LogP contribution in [0.25, 0.3) is 0 Å². The second-order valence-electron chi connectivity index (χ2n) is 7.13. The molecule has 2 aromatic carbocycles. The van der Waals surface area contributed by atoms with Gasteiger partial charge in [-0.3, -0.25) is 24.6 Å². The van der Waals surface area contributed by atoms with Crippen molar-refractivity contribution < 1.29 is 29.0 Å². The van der Waals surface area contributed by atoms with E-state index < -0.39 is 36.5 Å². The molecular formula is C23H26N2O6. The second-order valence-corrected chi connectivity index (χ2v) is 7.13. The number of para-hydroxylation sites is 2. The van der Waals surface area contributed by atoms with Crippen LogP contribution in [0.3, 0.4) is 0 Å². The number of hydrogen-bond donors (Lipinski definition) is 2. The molecule has 0 saturated heterocycles. The van der Waals surface area contributed by atoms with Gasteiger partial charge in [-0.05, 0) is 43.5 Å². The molecule has 164 valence electrons. The first-order valence-electron chi connectivity index (χ1n) is 10.2. The van der Waals surface area contributed by atoms with E-state index in [-0.39, 0.29) is 13.2 Å². The number of rotatable bonds is 9. The van der Waals surface area contributed by atoms with Crippen LogP contribution >= 0.6 is 0 Å². The molecule has 2 aromatic rings. The largest absolute Gasteiger partial charge is 0.491 e. The molecule has 2 unspecified atom stereocenters. The summed E-state index contributed by atoms with van der Waals surface area (Å²) in [4.78, 5) is 38.4. The first kappa shape index (κ1) is 22.3. The number of carboxylic acid groups (broad SMARTS) is 1. The Morgan fingerprint density at radius 2 is 1.87 bits per heavy atom. The van der Waals surface area contributed by atoms with E-state index in [1.807, 2.05) is 30.3 Å². The summed E-state index contributed by atoms with van der Waals surface area (Å²) < 4.78 is 10.9. The molecule has 1 heterocycles. The summed E-state index contributed by atoms with van der Waals surface area (Å²) in [7, 11) is 0. The summed E-state index contributed by atoms with van der Waals surface area (Å²) in [6.07, 6.45) is 0.970. The van der Waals surface area contributed by atoms with Gasteiger partial charge in [0.2, 0.25) is 5.91 Å². The molecular weight excluding hydrogens is 400 g/mol. The quantitative estimate of drug-likeness (QED) is 0.591. The number of nitrogens with zero attached hydrogens (tertiary/aromatic N) is 1. The summed E-state index contributed by atoms with van der Waals surface area (Å²) >= 11 is 0. The molecule has 1 aliphatic rings. The summed E-state index contributed by atoms with van der Waals surface area (Å²) in [6, 6.07) is 14.6. The number of hydrogen-bond acceptors (Lipinski definition) is 6. The molecule has 0 radical (unpaired) electrons. The Hall–Kier alpha value is -3.39. The second kappa shape index (κ2) is 10.6. The van der Waals surface area contributed by atoms with E-state index in [2.05, 4.69) is 5.32 Å². The maximum Gasteiger partial charge on any atom is 0.326 e. The van der Waals surface area contributed by atoms with Crippen LogP contribution in [0, 0.1) is 0 Å². The number of amides is 1. The zero-order valence-corrected chi connectivity index (χ0v) is 17.3. The van der Waals surface area contributed by atoms with Gasteiger partial charge in [0.1, 0.15) is 24.9 Å². The molecule has 0 aliphatic carbocycles. The van der Waals surface area contributed by atoms with Crippen molar-refractivity contribution in [1.82, 2.24) is 5.32 Å². The zero-order valence-electron chi connectivity index (χ0n) is 17.3. The molecule has 3 rings (SSSR count). The lowest BCUT2D eigenvalue weighted by atomic mass is 10.1. The van der Waals surface area contributed by atoms with Crippen molar-refractivity contribution in [3.8, 4) is 5.75 Å². The van der Waals surface area contributed by atoms with Crippen LogP contribution in [0.1, 0.15) is 18.9 Å². The van der Waals surface area contributed by atoms with Crippen LogP contribution in [0.2, 0.25) is 0 Å². The van der Waals surface area contributed by atoms with Gasteiger partial charge in [0, 0.05) is 5.69 Å². The first-order valence-corrected chi connectivity index (χ1v) is 10.2. The van der Waals surface area contributed by atoms with Crippen LogP contribution in [0.4, 0.5) is 5.69 Å². The molecule has 1 amide bonds.